The fourth-order valence-corrected chi connectivity index (χ4v) is 2.58. The van der Waals surface area contributed by atoms with Crippen molar-refractivity contribution in [1.29, 1.82) is 0 Å². The van der Waals surface area contributed by atoms with Gasteiger partial charge in [0.25, 0.3) is 0 Å². The average molecular weight is 248 g/mol. The largest absolute Gasteiger partial charge is 0.494 e. The Bertz CT molecular complexity index is 350. The van der Waals surface area contributed by atoms with E-state index in [1.807, 2.05) is 6.92 Å². The van der Waals surface area contributed by atoms with E-state index < -0.39 is 0 Å². The minimum atomic E-state index is 0.638. The van der Waals surface area contributed by atoms with Gasteiger partial charge >= 0.3 is 0 Å². The first-order valence-corrected chi connectivity index (χ1v) is 7.01. The zero-order chi connectivity index (χ0) is 12.8. The van der Waals surface area contributed by atoms with E-state index >= 15 is 0 Å². The molecule has 0 radical (unpaired) electrons. The molecule has 3 heteroatoms. The zero-order valence-electron chi connectivity index (χ0n) is 11.3. The van der Waals surface area contributed by atoms with E-state index in [0.29, 0.717) is 5.92 Å². The van der Waals surface area contributed by atoms with Gasteiger partial charge in [0.1, 0.15) is 5.75 Å². The molecule has 0 amide bonds. The van der Waals surface area contributed by atoms with Crippen LogP contribution >= 0.6 is 0 Å². The summed E-state index contributed by atoms with van der Waals surface area (Å²) in [5.74, 6) is 1.59. The quantitative estimate of drug-likeness (QED) is 0.890. The summed E-state index contributed by atoms with van der Waals surface area (Å²) < 4.78 is 5.48. The van der Waals surface area contributed by atoms with Crippen LogP contribution in [0.1, 0.15) is 26.2 Å². The summed E-state index contributed by atoms with van der Waals surface area (Å²) in [7, 11) is 0. The van der Waals surface area contributed by atoms with Gasteiger partial charge in [-0.15, -0.1) is 0 Å². The van der Waals surface area contributed by atoms with Gasteiger partial charge in [-0.3, -0.25) is 0 Å². The van der Waals surface area contributed by atoms with E-state index in [1.165, 1.54) is 24.9 Å². The summed E-state index contributed by atoms with van der Waals surface area (Å²) in [5.41, 5.74) is 7.12. The van der Waals surface area contributed by atoms with E-state index in [0.717, 1.165) is 32.0 Å². The molecule has 1 aromatic carbocycles. The van der Waals surface area contributed by atoms with Crippen LogP contribution in [0.3, 0.4) is 0 Å². The van der Waals surface area contributed by atoms with Crippen molar-refractivity contribution in [3.8, 4) is 5.75 Å². The molecule has 0 bridgehead atoms. The van der Waals surface area contributed by atoms with Gasteiger partial charge in [0.2, 0.25) is 0 Å². The summed E-state index contributed by atoms with van der Waals surface area (Å²) in [4.78, 5) is 2.46. The smallest absolute Gasteiger partial charge is 0.119 e. The van der Waals surface area contributed by atoms with Crippen molar-refractivity contribution in [3.05, 3.63) is 24.3 Å². The molecular formula is C15H24N2O. The fraction of sp³-hybridized carbons (Fsp3) is 0.600. The van der Waals surface area contributed by atoms with E-state index in [-0.39, 0.29) is 0 Å². The van der Waals surface area contributed by atoms with E-state index in [4.69, 9.17) is 10.5 Å². The Morgan fingerprint density at radius 1 is 1.28 bits per heavy atom. The normalized spacial score (nSPS) is 20.6. The van der Waals surface area contributed by atoms with Crippen LogP contribution in [0, 0.1) is 5.92 Å². The molecule has 0 aliphatic carbocycles. The fourth-order valence-electron chi connectivity index (χ4n) is 2.58. The molecule has 3 nitrogen and oxygen atoms in total. The molecule has 0 spiro atoms. The number of anilines is 1. The highest BCUT2D eigenvalue weighted by Gasteiger charge is 2.17. The molecule has 100 valence electrons. The second kappa shape index (κ2) is 6.64. The van der Waals surface area contributed by atoms with Gasteiger partial charge in [0, 0.05) is 18.8 Å². The van der Waals surface area contributed by atoms with Crippen molar-refractivity contribution in [1.82, 2.24) is 0 Å². The third-order valence-corrected chi connectivity index (χ3v) is 3.62. The van der Waals surface area contributed by atoms with Crippen LogP contribution < -0.4 is 15.4 Å². The molecule has 1 unspecified atom stereocenters. The van der Waals surface area contributed by atoms with Gasteiger partial charge < -0.3 is 15.4 Å². The third-order valence-electron chi connectivity index (χ3n) is 3.62. The molecule has 2 rings (SSSR count). The summed E-state index contributed by atoms with van der Waals surface area (Å²) in [6.45, 7) is 5.76. The molecule has 1 aliphatic rings. The molecule has 18 heavy (non-hydrogen) atoms. The van der Waals surface area contributed by atoms with Crippen LogP contribution in [0.5, 0.6) is 5.75 Å². The van der Waals surface area contributed by atoms with Gasteiger partial charge in [0.15, 0.2) is 0 Å². The predicted molar refractivity (Wildman–Crippen MR) is 76.2 cm³/mol. The van der Waals surface area contributed by atoms with Crippen molar-refractivity contribution >= 4 is 5.69 Å². The molecule has 0 saturated carbocycles. The lowest BCUT2D eigenvalue weighted by atomic mass is 10.0. The van der Waals surface area contributed by atoms with Crippen LogP contribution in [0.15, 0.2) is 24.3 Å². The lowest BCUT2D eigenvalue weighted by Crippen LogP contribution is -2.31. The van der Waals surface area contributed by atoms with Crippen molar-refractivity contribution in [2.45, 2.75) is 26.2 Å². The van der Waals surface area contributed by atoms with Crippen LogP contribution in [0.4, 0.5) is 5.69 Å². The van der Waals surface area contributed by atoms with Crippen molar-refractivity contribution < 1.29 is 4.74 Å². The predicted octanol–water partition coefficient (Wildman–Crippen LogP) is 2.65. The molecular weight excluding hydrogens is 224 g/mol. The highest BCUT2D eigenvalue weighted by Crippen LogP contribution is 2.24. The van der Waals surface area contributed by atoms with Crippen LogP contribution in [-0.4, -0.2) is 26.2 Å². The van der Waals surface area contributed by atoms with Gasteiger partial charge in [-0.25, -0.2) is 0 Å². The highest BCUT2D eigenvalue weighted by atomic mass is 16.5. The highest BCUT2D eigenvalue weighted by molar-refractivity contribution is 5.49. The van der Waals surface area contributed by atoms with E-state index in [1.54, 1.807) is 0 Å². The Morgan fingerprint density at radius 2 is 2.06 bits per heavy atom. The molecule has 1 saturated heterocycles. The Morgan fingerprint density at radius 3 is 2.72 bits per heavy atom. The Labute approximate surface area is 110 Å². The number of nitrogens with two attached hydrogens (primary N) is 1. The maximum Gasteiger partial charge on any atom is 0.119 e. The summed E-state index contributed by atoms with van der Waals surface area (Å²) in [6.07, 6.45) is 3.84. The summed E-state index contributed by atoms with van der Waals surface area (Å²) >= 11 is 0. The number of nitrogens with zero attached hydrogens (tertiary/aromatic N) is 1. The van der Waals surface area contributed by atoms with Crippen molar-refractivity contribution in [3.63, 3.8) is 0 Å². The lowest BCUT2D eigenvalue weighted by Gasteiger charge is -2.26. The van der Waals surface area contributed by atoms with Crippen LogP contribution in [-0.2, 0) is 0 Å². The van der Waals surface area contributed by atoms with Crippen molar-refractivity contribution in [2.75, 3.05) is 31.1 Å². The lowest BCUT2D eigenvalue weighted by molar-refractivity contribution is 0.340. The molecule has 1 aromatic rings. The maximum absolute atomic E-state index is 5.83. The maximum atomic E-state index is 5.83. The number of benzene rings is 1. The molecule has 1 aliphatic heterocycles. The van der Waals surface area contributed by atoms with E-state index in [9.17, 15) is 0 Å². The first kappa shape index (κ1) is 13.2. The van der Waals surface area contributed by atoms with Crippen LogP contribution in [0.2, 0.25) is 0 Å². The number of hydrogen-bond donors (Lipinski definition) is 1. The summed E-state index contributed by atoms with van der Waals surface area (Å²) in [5, 5.41) is 0. The molecule has 1 fully saturated rings. The van der Waals surface area contributed by atoms with Gasteiger partial charge in [-0.1, -0.05) is 6.42 Å². The standard InChI is InChI=1S/C15H24N2O/c1-2-18-15-8-6-14(7-9-15)17-10-4-3-5-13(11-16)12-17/h6-9,13H,2-5,10-12,16H2,1H3. The molecule has 2 N–H and O–H groups in total. The zero-order valence-corrected chi connectivity index (χ0v) is 11.3. The Kier molecular flexibility index (Phi) is 4.88. The number of rotatable bonds is 4. The van der Waals surface area contributed by atoms with Gasteiger partial charge in [-0.05, 0) is 56.5 Å². The number of ether oxygens (including phenoxy) is 1. The average Bonchev–Trinajstić information content (AvgIpc) is 2.65. The SMILES string of the molecule is CCOc1ccc(N2CCCCC(CN)C2)cc1. The van der Waals surface area contributed by atoms with Gasteiger partial charge in [0.05, 0.1) is 6.61 Å². The minimum Gasteiger partial charge on any atom is -0.494 e. The Hall–Kier alpha value is -1.22. The molecule has 1 atom stereocenters. The molecule has 0 aromatic heterocycles. The Balaban J connectivity index is 2.04. The monoisotopic (exact) mass is 248 g/mol. The first-order chi connectivity index (χ1) is 8.83. The minimum absolute atomic E-state index is 0.638. The van der Waals surface area contributed by atoms with Crippen molar-refractivity contribution in [2.24, 2.45) is 11.7 Å². The van der Waals surface area contributed by atoms with Crippen LogP contribution in [0.25, 0.3) is 0 Å². The van der Waals surface area contributed by atoms with Gasteiger partial charge in [-0.2, -0.15) is 0 Å². The second-order valence-corrected chi connectivity index (χ2v) is 4.97. The van der Waals surface area contributed by atoms with E-state index in [2.05, 4.69) is 29.2 Å². The topological polar surface area (TPSA) is 38.5 Å². The summed E-state index contributed by atoms with van der Waals surface area (Å²) in [6, 6.07) is 8.43. The third kappa shape index (κ3) is 3.39. The molecule has 1 heterocycles. The second-order valence-electron chi connectivity index (χ2n) is 4.97. The first-order valence-electron chi connectivity index (χ1n) is 7.01. The number of hydrogen-bond acceptors (Lipinski definition) is 3.